The van der Waals surface area contributed by atoms with Crippen molar-refractivity contribution in [1.82, 2.24) is 0 Å². The van der Waals surface area contributed by atoms with Crippen LogP contribution in [0.4, 0.5) is 0 Å². The maximum absolute atomic E-state index is 4.10. The quantitative estimate of drug-likeness (QED) is 0.476. The number of aryl methyl sites for hydroxylation is 1. The van der Waals surface area contributed by atoms with Crippen LogP contribution in [0.5, 0.6) is 0 Å². The summed E-state index contributed by atoms with van der Waals surface area (Å²) < 4.78 is 0. The predicted octanol–water partition coefficient (Wildman–Crippen LogP) is 8.31. The van der Waals surface area contributed by atoms with E-state index in [1.807, 2.05) is 13.8 Å². The molecule has 0 radical (unpaired) electrons. The van der Waals surface area contributed by atoms with Crippen LogP contribution < -0.4 is 0 Å². The third-order valence-corrected chi connectivity index (χ3v) is 5.19. The van der Waals surface area contributed by atoms with Crippen LogP contribution in [0.25, 0.3) is 0 Å². The molecular weight excluding hydrogens is 288 g/mol. The van der Waals surface area contributed by atoms with E-state index < -0.39 is 0 Å². The van der Waals surface area contributed by atoms with Gasteiger partial charge in [-0.1, -0.05) is 96.7 Å². The lowest BCUT2D eigenvalue weighted by Gasteiger charge is -2.21. The molecule has 0 N–H and O–H groups in total. The van der Waals surface area contributed by atoms with Crippen molar-refractivity contribution in [1.29, 1.82) is 0 Å². The Balaban J connectivity index is 0.000000547. The minimum absolute atomic E-state index is 0.628. The molecule has 0 spiro atoms. The first-order valence-electron chi connectivity index (χ1n) is 10.2. The molecule has 0 heterocycles. The minimum atomic E-state index is 0.628. The van der Waals surface area contributed by atoms with Crippen LogP contribution in [-0.2, 0) is 0 Å². The van der Waals surface area contributed by atoms with Crippen molar-refractivity contribution in [3.05, 3.63) is 47.5 Å². The van der Waals surface area contributed by atoms with E-state index >= 15 is 0 Å². The molecule has 0 nitrogen and oxygen atoms in total. The lowest BCUT2D eigenvalue weighted by Crippen LogP contribution is -2.06. The van der Waals surface area contributed by atoms with Crippen LogP contribution in [0.2, 0.25) is 0 Å². The molecule has 0 aliphatic heterocycles. The average molecular weight is 331 g/mol. The molecule has 1 fully saturated rings. The van der Waals surface area contributed by atoms with E-state index in [2.05, 4.69) is 65.5 Å². The molecule has 1 aromatic carbocycles. The predicted molar refractivity (Wildman–Crippen MR) is 112 cm³/mol. The Morgan fingerprint density at radius 3 is 2.08 bits per heavy atom. The molecular formula is C24H42. The van der Waals surface area contributed by atoms with Gasteiger partial charge in [-0.2, -0.15) is 0 Å². The Morgan fingerprint density at radius 2 is 1.71 bits per heavy atom. The lowest BCUT2D eigenvalue weighted by molar-refractivity contribution is 0.493. The fraction of sp³-hybridized carbons (Fsp3) is 0.667. The number of rotatable bonds is 5. The van der Waals surface area contributed by atoms with Gasteiger partial charge in [-0.3, -0.25) is 0 Å². The highest BCUT2D eigenvalue weighted by atomic mass is 14.2. The van der Waals surface area contributed by atoms with Crippen LogP contribution in [0.1, 0.15) is 97.1 Å². The smallest absolute Gasteiger partial charge is 0.0182 e. The second-order valence-corrected chi connectivity index (χ2v) is 7.33. The van der Waals surface area contributed by atoms with Gasteiger partial charge < -0.3 is 0 Å². The van der Waals surface area contributed by atoms with E-state index in [4.69, 9.17) is 0 Å². The van der Waals surface area contributed by atoms with Gasteiger partial charge >= 0.3 is 0 Å². The summed E-state index contributed by atoms with van der Waals surface area (Å²) in [5.74, 6) is 2.34. The van der Waals surface area contributed by atoms with Gasteiger partial charge in [-0.15, -0.1) is 0 Å². The summed E-state index contributed by atoms with van der Waals surface area (Å²) in [4.78, 5) is 0. The summed E-state index contributed by atoms with van der Waals surface area (Å²) in [5, 5.41) is 0. The summed E-state index contributed by atoms with van der Waals surface area (Å²) in [7, 11) is 0. The van der Waals surface area contributed by atoms with Crippen LogP contribution >= 0.6 is 0 Å². The van der Waals surface area contributed by atoms with Crippen LogP contribution in [0.3, 0.4) is 0 Å². The fourth-order valence-corrected chi connectivity index (χ4v) is 3.54. The third-order valence-electron chi connectivity index (χ3n) is 5.19. The molecule has 0 saturated heterocycles. The van der Waals surface area contributed by atoms with Crippen molar-refractivity contribution in [3.63, 3.8) is 0 Å². The van der Waals surface area contributed by atoms with Crippen LogP contribution in [0, 0.1) is 18.8 Å². The van der Waals surface area contributed by atoms with Crippen molar-refractivity contribution in [2.24, 2.45) is 11.8 Å². The van der Waals surface area contributed by atoms with E-state index in [9.17, 15) is 0 Å². The minimum Gasteiger partial charge on any atom is -0.0999 e. The second kappa shape index (κ2) is 13.3. The van der Waals surface area contributed by atoms with Crippen molar-refractivity contribution >= 4 is 0 Å². The highest BCUT2D eigenvalue weighted by Crippen LogP contribution is 2.30. The summed E-state index contributed by atoms with van der Waals surface area (Å²) in [6, 6.07) is 8.71. The van der Waals surface area contributed by atoms with Gasteiger partial charge in [0.1, 0.15) is 0 Å². The highest BCUT2D eigenvalue weighted by Gasteiger charge is 2.14. The molecule has 1 aliphatic carbocycles. The maximum Gasteiger partial charge on any atom is -0.0182 e. The molecule has 1 aromatic rings. The summed E-state index contributed by atoms with van der Waals surface area (Å²) in [6.07, 6.45) is 8.37. The molecule has 2 rings (SSSR count). The average Bonchev–Trinajstić information content (AvgIpc) is 3.06. The first kappa shape index (κ1) is 23.0. The van der Waals surface area contributed by atoms with Gasteiger partial charge in [0.25, 0.3) is 0 Å². The molecule has 1 saturated carbocycles. The monoisotopic (exact) mass is 330 g/mol. The van der Waals surface area contributed by atoms with Gasteiger partial charge in [0.05, 0.1) is 0 Å². The SMILES string of the molecule is C=C(C)C(CC)CC(C)c1ccccc1C.CC.CC1CCCC1. The molecule has 0 heteroatoms. The Labute approximate surface area is 152 Å². The van der Waals surface area contributed by atoms with Crippen LogP contribution in [-0.4, -0.2) is 0 Å². The van der Waals surface area contributed by atoms with E-state index in [1.165, 1.54) is 55.2 Å². The van der Waals surface area contributed by atoms with Crippen molar-refractivity contribution in [3.8, 4) is 0 Å². The summed E-state index contributed by atoms with van der Waals surface area (Å²) in [5.41, 5.74) is 4.22. The number of hydrogen-bond donors (Lipinski definition) is 0. The van der Waals surface area contributed by atoms with E-state index in [-0.39, 0.29) is 0 Å². The summed E-state index contributed by atoms with van der Waals surface area (Å²) in [6.45, 7) is 19.4. The Hall–Kier alpha value is -1.04. The standard InChI is InChI=1S/C16H24.C6H12.C2H6/c1-6-15(12(2)3)11-14(5)16-10-8-7-9-13(16)4;1-6-4-2-3-5-6;1-2/h7-10,14-15H,2,6,11H2,1,3-5H3;6H,2-5H2,1H3;1-2H3. The van der Waals surface area contributed by atoms with E-state index in [0.29, 0.717) is 11.8 Å². The molecule has 2 atom stereocenters. The van der Waals surface area contributed by atoms with Gasteiger partial charge in [0.2, 0.25) is 0 Å². The normalized spacial score (nSPS) is 16.3. The Morgan fingerprint density at radius 1 is 1.17 bits per heavy atom. The van der Waals surface area contributed by atoms with Gasteiger partial charge in [-0.25, -0.2) is 0 Å². The molecule has 24 heavy (non-hydrogen) atoms. The Bertz CT molecular complexity index is 437. The van der Waals surface area contributed by atoms with Gasteiger partial charge in [0.15, 0.2) is 0 Å². The molecule has 2 unspecified atom stereocenters. The number of hydrogen-bond acceptors (Lipinski definition) is 0. The summed E-state index contributed by atoms with van der Waals surface area (Å²) >= 11 is 0. The van der Waals surface area contributed by atoms with E-state index in [1.54, 1.807) is 0 Å². The van der Waals surface area contributed by atoms with Crippen molar-refractivity contribution in [2.75, 3.05) is 0 Å². The fourth-order valence-electron chi connectivity index (χ4n) is 3.54. The molecule has 0 bridgehead atoms. The van der Waals surface area contributed by atoms with Crippen molar-refractivity contribution in [2.45, 2.75) is 92.9 Å². The van der Waals surface area contributed by atoms with Crippen LogP contribution in [0.15, 0.2) is 36.4 Å². The lowest BCUT2D eigenvalue weighted by atomic mass is 9.84. The highest BCUT2D eigenvalue weighted by molar-refractivity contribution is 5.28. The zero-order valence-corrected chi connectivity index (χ0v) is 17.5. The second-order valence-electron chi connectivity index (χ2n) is 7.33. The molecule has 0 amide bonds. The Kier molecular flexibility index (Phi) is 12.7. The maximum atomic E-state index is 4.10. The van der Waals surface area contributed by atoms with E-state index in [0.717, 1.165) is 5.92 Å². The third kappa shape index (κ3) is 8.71. The molecule has 1 aliphatic rings. The topological polar surface area (TPSA) is 0 Å². The molecule has 0 aromatic heterocycles. The van der Waals surface area contributed by atoms with Gasteiger partial charge in [-0.05, 0) is 55.6 Å². The largest absolute Gasteiger partial charge is 0.0999 e. The zero-order valence-electron chi connectivity index (χ0n) is 17.5. The van der Waals surface area contributed by atoms with Crippen molar-refractivity contribution < 1.29 is 0 Å². The van der Waals surface area contributed by atoms with Gasteiger partial charge in [0, 0.05) is 0 Å². The number of benzene rings is 1. The first-order valence-corrected chi connectivity index (χ1v) is 10.2. The zero-order chi connectivity index (χ0) is 18.5. The number of allylic oxidation sites excluding steroid dienone is 1. The molecule has 138 valence electrons. The first-order chi connectivity index (χ1) is 11.5.